The summed E-state index contributed by atoms with van der Waals surface area (Å²) in [5.41, 5.74) is -0.190. The number of amides is 3. The van der Waals surface area contributed by atoms with E-state index < -0.39 is 30.3 Å². The van der Waals surface area contributed by atoms with Crippen molar-refractivity contribution in [2.75, 3.05) is 6.61 Å². The summed E-state index contributed by atoms with van der Waals surface area (Å²) >= 11 is 0. The Bertz CT molecular complexity index is 690. The van der Waals surface area contributed by atoms with Gasteiger partial charge in [-0.2, -0.15) is 0 Å². The molecule has 8 heteroatoms. The largest absolute Gasteiger partial charge is 0.508 e. The molecule has 0 unspecified atom stereocenters. The van der Waals surface area contributed by atoms with Gasteiger partial charge < -0.3 is 20.3 Å². The Kier molecular flexibility index (Phi) is 6.43. The number of hydrogen-bond acceptors (Lipinski definition) is 6. The van der Waals surface area contributed by atoms with Crippen LogP contribution in [0.4, 0.5) is 4.79 Å². The first kappa shape index (κ1) is 19.6. The number of esters is 1. The molecule has 0 aromatic heterocycles. The first-order valence-electron chi connectivity index (χ1n) is 8.57. The van der Waals surface area contributed by atoms with Crippen LogP contribution < -0.4 is 10.6 Å². The van der Waals surface area contributed by atoms with Crippen LogP contribution in [0.5, 0.6) is 11.5 Å². The molecule has 3 atom stereocenters. The third-order valence-electron chi connectivity index (χ3n) is 4.81. The van der Waals surface area contributed by atoms with Crippen LogP contribution in [0.15, 0.2) is 18.2 Å². The number of phenols is 2. The van der Waals surface area contributed by atoms with Gasteiger partial charge in [0.1, 0.15) is 17.1 Å². The van der Waals surface area contributed by atoms with Crippen LogP contribution >= 0.6 is 0 Å². The summed E-state index contributed by atoms with van der Waals surface area (Å²) in [6.45, 7) is 3.55. The fourth-order valence-electron chi connectivity index (χ4n) is 3.05. The zero-order chi connectivity index (χ0) is 19.3. The van der Waals surface area contributed by atoms with Gasteiger partial charge in [-0.1, -0.05) is 26.7 Å². The van der Waals surface area contributed by atoms with Gasteiger partial charge >= 0.3 is 12.0 Å². The molecule has 0 bridgehead atoms. The molecule has 26 heavy (non-hydrogen) atoms. The van der Waals surface area contributed by atoms with Gasteiger partial charge in [-0.15, -0.1) is 0 Å². The number of ether oxygens (including phenoxy) is 1. The molecule has 0 radical (unpaired) electrons. The average molecular weight is 364 g/mol. The lowest BCUT2D eigenvalue weighted by atomic mass is 9.78. The number of rotatable bonds is 4. The maximum absolute atomic E-state index is 11.9. The molecule has 142 valence electrons. The minimum Gasteiger partial charge on any atom is -0.508 e. The molecule has 1 aliphatic carbocycles. The topological polar surface area (TPSA) is 125 Å². The number of carbonyl (C=O) groups is 3. The molecule has 2 rings (SSSR count). The molecule has 1 fully saturated rings. The van der Waals surface area contributed by atoms with Crippen LogP contribution in [0, 0.1) is 11.8 Å². The molecule has 0 saturated heterocycles. The lowest BCUT2D eigenvalue weighted by Gasteiger charge is -2.34. The highest BCUT2D eigenvalue weighted by atomic mass is 16.5. The van der Waals surface area contributed by atoms with Crippen molar-refractivity contribution in [1.82, 2.24) is 10.6 Å². The second-order valence-electron chi connectivity index (χ2n) is 6.67. The molecule has 0 heterocycles. The maximum Gasteiger partial charge on any atom is 0.342 e. The molecule has 1 aliphatic rings. The Balaban J connectivity index is 1.79. The van der Waals surface area contributed by atoms with Crippen LogP contribution in [-0.2, 0) is 9.53 Å². The average Bonchev–Trinajstić information content (AvgIpc) is 2.57. The Morgan fingerprint density at radius 2 is 1.92 bits per heavy atom. The second-order valence-corrected chi connectivity index (χ2v) is 6.67. The van der Waals surface area contributed by atoms with Crippen molar-refractivity contribution in [1.29, 1.82) is 0 Å². The molecule has 1 aromatic carbocycles. The molecule has 1 aromatic rings. The smallest absolute Gasteiger partial charge is 0.342 e. The Hall–Kier alpha value is -2.77. The van der Waals surface area contributed by atoms with Gasteiger partial charge in [-0.25, -0.2) is 9.59 Å². The minimum absolute atomic E-state index is 0.00282. The summed E-state index contributed by atoms with van der Waals surface area (Å²) in [5, 5.41) is 23.7. The van der Waals surface area contributed by atoms with Crippen LogP contribution in [0.25, 0.3) is 0 Å². The van der Waals surface area contributed by atoms with Crippen molar-refractivity contribution >= 4 is 17.9 Å². The van der Waals surface area contributed by atoms with Crippen molar-refractivity contribution in [3.63, 3.8) is 0 Å². The zero-order valence-corrected chi connectivity index (χ0v) is 14.8. The first-order valence-corrected chi connectivity index (χ1v) is 8.57. The summed E-state index contributed by atoms with van der Waals surface area (Å²) < 4.78 is 4.77. The van der Waals surface area contributed by atoms with Gasteiger partial charge in [-0.05, 0) is 30.4 Å². The predicted octanol–water partition coefficient (Wildman–Crippen LogP) is 1.91. The van der Waals surface area contributed by atoms with E-state index in [-0.39, 0.29) is 17.4 Å². The predicted molar refractivity (Wildman–Crippen MR) is 92.7 cm³/mol. The SMILES string of the molecule is C[C@@H]1[C@H](C)CCC[C@@H]1NC(=O)NC(=O)COC(=O)c1ccc(O)cc1O. The van der Waals surface area contributed by atoms with Crippen LogP contribution in [-0.4, -0.2) is 40.8 Å². The molecule has 8 nitrogen and oxygen atoms in total. The van der Waals surface area contributed by atoms with Gasteiger partial charge in [0.15, 0.2) is 6.61 Å². The van der Waals surface area contributed by atoms with E-state index in [2.05, 4.69) is 24.5 Å². The summed E-state index contributed by atoms with van der Waals surface area (Å²) in [7, 11) is 0. The number of imide groups is 1. The zero-order valence-electron chi connectivity index (χ0n) is 14.8. The van der Waals surface area contributed by atoms with E-state index in [4.69, 9.17) is 4.74 Å². The summed E-state index contributed by atoms with van der Waals surface area (Å²) in [6, 6.07) is 2.74. The highest BCUT2D eigenvalue weighted by Crippen LogP contribution is 2.29. The Morgan fingerprint density at radius 1 is 1.19 bits per heavy atom. The van der Waals surface area contributed by atoms with Crippen molar-refractivity contribution in [2.24, 2.45) is 11.8 Å². The highest BCUT2D eigenvalue weighted by molar-refractivity contribution is 5.97. The molecular formula is C18H24N2O6. The third-order valence-corrected chi connectivity index (χ3v) is 4.81. The number of carbonyl (C=O) groups excluding carboxylic acids is 3. The van der Waals surface area contributed by atoms with Gasteiger partial charge in [0, 0.05) is 12.1 Å². The molecule has 4 N–H and O–H groups in total. The molecule has 0 spiro atoms. The molecule has 3 amide bonds. The lowest BCUT2D eigenvalue weighted by Crippen LogP contribution is -2.49. The van der Waals surface area contributed by atoms with Gasteiger partial charge in [0.2, 0.25) is 0 Å². The summed E-state index contributed by atoms with van der Waals surface area (Å²) in [5.74, 6) is -1.56. The molecule has 0 aliphatic heterocycles. The van der Waals surface area contributed by atoms with Gasteiger partial charge in [-0.3, -0.25) is 10.1 Å². The molecular weight excluding hydrogens is 340 g/mol. The van der Waals surface area contributed by atoms with Crippen LogP contribution in [0.3, 0.4) is 0 Å². The monoisotopic (exact) mass is 364 g/mol. The summed E-state index contributed by atoms with van der Waals surface area (Å²) in [4.78, 5) is 35.5. The Labute approximate surface area is 151 Å². The maximum atomic E-state index is 11.9. The number of urea groups is 1. The summed E-state index contributed by atoms with van der Waals surface area (Å²) in [6.07, 6.45) is 3.01. The van der Waals surface area contributed by atoms with Crippen LogP contribution in [0.1, 0.15) is 43.5 Å². The fourth-order valence-corrected chi connectivity index (χ4v) is 3.05. The highest BCUT2D eigenvalue weighted by Gasteiger charge is 2.28. The number of benzene rings is 1. The van der Waals surface area contributed by atoms with Crippen molar-refractivity contribution in [3.05, 3.63) is 23.8 Å². The van der Waals surface area contributed by atoms with Crippen molar-refractivity contribution < 1.29 is 29.3 Å². The first-order chi connectivity index (χ1) is 12.3. The third kappa shape index (κ3) is 5.11. The number of aromatic hydroxyl groups is 2. The van der Waals surface area contributed by atoms with E-state index in [9.17, 15) is 24.6 Å². The van der Waals surface area contributed by atoms with E-state index in [1.54, 1.807) is 0 Å². The van der Waals surface area contributed by atoms with E-state index in [0.29, 0.717) is 11.8 Å². The van der Waals surface area contributed by atoms with Crippen LogP contribution in [0.2, 0.25) is 0 Å². The fraction of sp³-hybridized carbons (Fsp3) is 0.500. The van der Waals surface area contributed by atoms with Crippen molar-refractivity contribution in [2.45, 2.75) is 39.2 Å². The van der Waals surface area contributed by atoms with Gasteiger partial charge in [0.25, 0.3) is 5.91 Å². The normalized spacial score (nSPS) is 22.3. The standard InChI is InChI=1S/C18H24N2O6/c1-10-4-3-5-14(11(10)2)19-18(25)20-16(23)9-26-17(24)13-7-6-12(21)8-15(13)22/h6-8,10-11,14,21-22H,3-5,9H2,1-2H3,(H2,19,20,23,25)/t10-,11-,14+/m1/s1. The molecule has 1 saturated carbocycles. The van der Waals surface area contributed by atoms with E-state index in [1.165, 1.54) is 12.1 Å². The quantitative estimate of drug-likeness (QED) is 0.605. The second kappa shape index (κ2) is 8.55. The van der Waals surface area contributed by atoms with E-state index >= 15 is 0 Å². The Morgan fingerprint density at radius 3 is 2.62 bits per heavy atom. The van der Waals surface area contributed by atoms with Gasteiger partial charge in [0.05, 0.1) is 0 Å². The van der Waals surface area contributed by atoms with E-state index in [1.807, 2.05) is 0 Å². The lowest BCUT2D eigenvalue weighted by molar-refractivity contribution is -0.123. The minimum atomic E-state index is -0.937. The number of hydrogen-bond donors (Lipinski definition) is 4. The van der Waals surface area contributed by atoms with E-state index in [0.717, 1.165) is 25.3 Å². The number of phenolic OH excluding ortho intramolecular Hbond substituents is 2. The number of nitrogens with one attached hydrogen (secondary N) is 2. The van der Waals surface area contributed by atoms with Crippen molar-refractivity contribution in [3.8, 4) is 11.5 Å².